The fourth-order valence-corrected chi connectivity index (χ4v) is 2.05. The van der Waals surface area contributed by atoms with Gasteiger partial charge in [0.05, 0.1) is 6.54 Å². The summed E-state index contributed by atoms with van der Waals surface area (Å²) in [6.45, 7) is 1.67. The number of hydrogen-bond acceptors (Lipinski definition) is 4. The minimum atomic E-state index is -0.113. The van der Waals surface area contributed by atoms with Gasteiger partial charge in [-0.2, -0.15) is 0 Å². The number of nitrogens with one attached hydrogen (secondary N) is 3. The van der Waals surface area contributed by atoms with Gasteiger partial charge in [0, 0.05) is 23.5 Å². The van der Waals surface area contributed by atoms with Crippen molar-refractivity contribution in [3.05, 3.63) is 60.2 Å². The predicted molar refractivity (Wildman–Crippen MR) is 92.0 cm³/mol. The number of anilines is 2. The van der Waals surface area contributed by atoms with Crippen molar-refractivity contribution >= 4 is 35.6 Å². The van der Waals surface area contributed by atoms with E-state index in [1.807, 2.05) is 42.5 Å². The van der Waals surface area contributed by atoms with E-state index in [9.17, 15) is 4.79 Å². The first-order chi connectivity index (χ1) is 10.3. The van der Waals surface area contributed by atoms with E-state index in [-0.39, 0.29) is 18.3 Å². The average Bonchev–Trinajstić information content (AvgIpc) is 3.03. The third-order valence-corrected chi connectivity index (χ3v) is 3.12. The number of hydrogen-bond donors (Lipinski definition) is 3. The van der Waals surface area contributed by atoms with Crippen LogP contribution in [0.25, 0.3) is 0 Å². The summed E-state index contributed by atoms with van der Waals surface area (Å²) in [5, 5.41) is 9.19. The Labute approximate surface area is 135 Å². The van der Waals surface area contributed by atoms with Crippen LogP contribution in [-0.2, 0) is 0 Å². The Morgan fingerprint density at radius 1 is 1.00 bits per heavy atom. The zero-order valence-electron chi connectivity index (χ0n) is 11.9. The molecule has 0 spiro atoms. The molecule has 114 valence electrons. The Kier molecular flexibility index (Phi) is 5.38. The minimum absolute atomic E-state index is 0. The first kappa shape index (κ1) is 15.9. The molecule has 1 amide bonds. The SMILES string of the molecule is Cl.O=C(Nc1ccc(NC2=NCCN2)cc1)c1ccccc1. The smallest absolute Gasteiger partial charge is 0.255 e. The Morgan fingerprint density at radius 3 is 2.32 bits per heavy atom. The van der Waals surface area contributed by atoms with E-state index in [0.717, 1.165) is 30.4 Å². The number of carbonyl (C=O) groups excluding carboxylic acids is 1. The van der Waals surface area contributed by atoms with Crippen LogP contribution in [0.5, 0.6) is 0 Å². The van der Waals surface area contributed by atoms with Gasteiger partial charge in [-0.3, -0.25) is 9.79 Å². The molecule has 5 nitrogen and oxygen atoms in total. The van der Waals surface area contributed by atoms with Gasteiger partial charge in [-0.1, -0.05) is 18.2 Å². The molecule has 3 N–H and O–H groups in total. The summed E-state index contributed by atoms with van der Waals surface area (Å²) in [4.78, 5) is 16.3. The lowest BCUT2D eigenvalue weighted by atomic mass is 10.2. The van der Waals surface area contributed by atoms with Gasteiger partial charge in [0.15, 0.2) is 5.96 Å². The number of halogens is 1. The van der Waals surface area contributed by atoms with Crippen LogP contribution in [0.15, 0.2) is 59.6 Å². The molecule has 22 heavy (non-hydrogen) atoms. The Morgan fingerprint density at radius 2 is 1.68 bits per heavy atom. The van der Waals surface area contributed by atoms with E-state index in [4.69, 9.17) is 0 Å². The van der Waals surface area contributed by atoms with Crippen LogP contribution in [0.4, 0.5) is 11.4 Å². The lowest BCUT2D eigenvalue weighted by Crippen LogP contribution is -2.26. The van der Waals surface area contributed by atoms with E-state index in [2.05, 4.69) is 20.9 Å². The molecule has 1 aliphatic heterocycles. The Bertz CT molecular complexity index is 656. The number of carbonyl (C=O) groups is 1. The highest BCUT2D eigenvalue weighted by atomic mass is 35.5. The third kappa shape index (κ3) is 3.99. The highest BCUT2D eigenvalue weighted by molar-refractivity contribution is 6.04. The van der Waals surface area contributed by atoms with Gasteiger partial charge in [-0.15, -0.1) is 12.4 Å². The van der Waals surface area contributed by atoms with Crippen molar-refractivity contribution in [2.24, 2.45) is 4.99 Å². The molecule has 1 heterocycles. The summed E-state index contributed by atoms with van der Waals surface area (Å²) in [5.74, 6) is 0.675. The Balaban J connectivity index is 0.00000176. The molecule has 1 aliphatic rings. The van der Waals surface area contributed by atoms with Gasteiger partial charge in [-0.25, -0.2) is 0 Å². The molecule has 0 atom stereocenters. The number of rotatable bonds is 3. The standard InChI is InChI=1S/C16H16N4O.ClH/c21-15(12-4-2-1-3-5-12)19-13-6-8-14(9-7-13)20-16-17-10-11-18-16;/h1-9H,10-11H2,(H,19,21)(H2,17,18,20);1H. The van der Waals surface area contributed by atoms with E-state index in [1.165, 1.54) is 0 Å². The molecule has 2 aromatic rings. The molecule has 0 unspecified atom stereocenters. The normalized spacial score (nSPS) is 12.6. The lowest BCUT2D eigenvalue weighted by molar-refractivity contribution is 0.102. The zero-order chi connectivity index (χ0) is 14.5. The van der Waals surface area contributed by atoms with Gasteiger partial charge >= 0.3 is 0 Å². The molecule has 2 aromatic carbocycles. The molecule has 0 fully saturated rings. The average molecular weight is 317 g/mol. The number of amides is 1. The maximum atomic E-state index is 12.0. The number of benzene rings is 2. The third-order valence-electron chi connectivity index (χ3n) is 3.12. The molecule has 0 aliphatic carbocycles. The second-order valence-corrected chi connectivity index (χ2v) is 4.68. The largest absolute Gasteiger partial charge is 0.354 e. The van der Waals surface area contributed by atoms with E-state index in [1.54, 1.807) is 12.1 Å². The van der Waals surface area contributed by atoms with Crippen molar-refractivity contribution in [1.29, 1.82) is 0 Å². The van der Waals surface area contributed by atoms with Crippen LogP contribution in [0.2, 0.25) is 0 Å². The number of aliphatic imine (C=N–C) groups is 1. The highest BCUT2D eigenvalue weighted by Crippen LogP contribution is 2.14. The second kappa shape index (κ2) is 7.47. The topological polar surface area (TPSA) is 65.5 Å². The molecule has 0 saturated heterocycles. The number of guanidine groups is 1. The molecule has 0 bridgehead atoms. The van der Waals surface area contributed by atoms with Crippen LogP contribution >= 0.6 is 12.4 Å². The van der Waals surface area contributed by atoms with Crippen LogP contribution in [0.3, 0.4) is 0 Å². The maximum absolute atomic E-state index is 12.0. The van der Waals surface area contributed by atoms with Crippen molar-refractivity contribution in [2.75, 3.05) is 23.7 Å². The summed E-state index contributed by atoms with van der Waals surface area (Å²) in [6.07, 6.45) is 0. The van der Waals surface area contributed by atoms with E-state index in [0.29, 0.717) is 5.56 Å². The van der Waals surface area contributed by atoms with Crippen molar-refractivity contribution in [3.8, 4) is 0 Å². The molecule has 6 heteroatoms. The first-order valence-electron chi connectivity index (χ1n) is 6.83. The van der Waals surface area contributed by atoms with Gasteiger partial charge in [0.2, 0.25) is 0 Å². The maximum Gasteiger partial charge on any atom is 0.255 e. The second-order valence-electron chi connectivity index (χ2n) is 4.68. The molecule has 0 aromatic heterocycles. The van der Waals surface area contributed by atoms with E-state index < -0.39 is 0 Å². The molecule has 0 saturated carbocycles. The molecule has 3 rings (SSSR count). The van der Waals surface area contributed by atoms with Crippen molar-refractivity contribution < 1.29 is 4.79 Å². The summed E-state index contributed by atoms with van der Waals surface area (Å²) >= 11 is 0. The predicted octanol–water partition coefficient (Wildman–Crippen LogP) is 2.73. The highest BCUT2D eigenvalue weighted by Gasteiger charge is 2.06. The fraction of sp³-hybridized carbons (Fsp3) is 0.125. The quantitative estimate of drug-likeness (QED) is 0.815. The minimum Gasteiger partial charge on any atom is -0.354 e. The van der Waals surface area contributed by atoms with Crippen molar-refractivity contribution in [1.82, 2.24) is 5.32 Å². The zero-order valence-corrected chi connectivity index (χ0v) is 12.7. The van der Waals surface area contributed by atoms with Crippen molar-refractivity contribution in [3.63, 3.8) is 0 Å². The first-order valence-corrected chi connectivity index (χ1v) is 6.83. The summed E-state index contributed by atoms with van der Waals surface area (Å²) < 4.78 is 0. The van der Waals surface area contributed by atoms with Gasteiger partial charge in [-0.05, 0) is 36.4 Å². The Hall–Kier alpha value is -2.53. The lowest BCUT2D eigenvalue weighted by Gasteiger charge is -2.08. The van der Waals surface area contributed by atoms with Gasteiger partial charge < -0.3 is 16.0 Å². The number of nitrogens with zero attached hydrogens (tertiary/aromatic N) is 1. The molecular weight excluding hydrogens is 300 g/mol. The molecule has 0 radical (unpaired) electrons. The van der Waals surface area contributed by atoms with E-state index >= 15 is 0 Å². The summed E-state index contributed by atoms with van der Waals surface area (Å²) in [5.41, 5.74) is 2.33. The van der Waals surface area contributed by atoms with Crippen LogP contribution in [-0.4, -0.2) is 25.0 Å². The van der Waals surface area contributed by atoms with Crippen LogP contribution in [0.1, 0.15) is 10.4 Å². The van der Waals surface area contributed by atoms with Crippen LogP contribution in [0, 0.1) is 0 Å². The monoisotopic (exact) mass is 316 g/mol. The summed E-state index contributed by atoms with van der Waals surface area (Å²) in [6, 6.07) is 16.7. The van der Waals surface area contributed by atoms with Crippen LogP contribution < -0.4 is 16.0 Å². The van der Waals surface area contributed by atoms with Gasteiger partial charge in [0.1, 0.15) is 0 Å². The molecular formula is C16H17ClN4O. The van der Waals surface area contributed by atoms with Crippen molar-refractivity contribution in [2.45, 2.75) is 0 Å². The fourth-order valence-electron chi connectivity index (χ4n) is 2.05. The van der Waals surface area contributed by atoms with Gasteiger partial charge in [0.25, 0.3) is 5.91 Å². The summed E-state index contributed by atoms with van der Waals surface area (Å²) in [7, 11) is 0.